The molecule has 5 rings (SSSR count). The molecule has 1 amide bonds. The van der Waals surface area contributed by atoms with Crippen LogP contribution in [0.25, 0.3) is 10.4 Å². The number of thiazole rings is 1. The normalized spacial score (nSPS) is 21.6. The van der Waals surface area contributed by atoms with Crippen molar-refractivity contribution in [2.24, 2.45) is 11.8 Å². The van der Waals surface area contributed by atoms with Crippen molar-refractivity contribution in [2.75, 3.05) is 12.5 Å². The number of aliphatic hydroxyl groups excluding tert-OH is 1. The first-order valence-electron chi connectivity index (χ1n) is 12.1. The number of carbonyl (C=O) groups excluding carboxylic acids is 2. The maximum Gasteiger partial charge on any atom is 0.355 e. The predicted molar refractivity (Wildman–Crippen MR) is 144 cm³/mol. The largest absolute Gasteiger partial charge is 0.456 e. The Morgan fingerprint density at radius 1 is 1.20 bits per heavy atom. The number of sulfone groups is 2. The summed E-state index contributed by atoms with van der Waals surface area (Å²) in [6.45, 7) is 2.95. The van der Waals surface area contributed by atoms with Crippen molar-refractivity contribution >= 4 is 59.0 Å². The summed E-state index contributed by atoms with van der Waals surface area (Å²) in [6, 6.07) is 4.77. The van der Waals surface area contributed by atoms with E-state index in [9.17, 15) is 41.6 Å². The van der Waals surface area contributed by atoms with Crippen molar-refractivity contribution in [3.8, 4) is 0 Å². The lowest BCUT2D eigenvalue weighted by Gasteiger charge is -2.46. The highest BCUT2D eigenvalue weighted by atomic mass is 32.2. The van der Waals surface area contributed by atoms with Gasteiger partial charge in [-0.05, 0) is 24.6 Å². The number of aliphatic hydroxyl groups is 1. The number of rotatable bonds is 8. The number of fused-ring (bicyclic) bond motifs is 2. The van der Waals surface area contributed by atoms with Crippen LogP contribution in [0.4, 0.5) is 5.69 Å². The average molecular weight is 625 g/mol. The van der Waals surface area contributed by atoms with Crippen molar-refractivity contribution in [1.29, 1.82) is 0 Å². The number of nitro benzene ring substituents is 1. The van der Waals surface area contributed by atoms with Crippen LogP contribution in [0.2, 0.25) is 0 Å². The van der Waals surface area contributed by atoms with Crippen molar-refractivity contribution in [2.45, 2.75) is 42.8 Å². The van der Waals surface area contributed by atoms with Crippen LogP contribution in [0.15, 0.2) is 46.3 Å². The molecule has 3 aromatic rings. The number of nitrogens with zero attached hydrogens (tertiary/aromatic N) is 4. The number of carbonyl (C=O) groups is 2. The van der Waals surface area contributed by atoms with E-state index >= 15 is 0 Å². The molecule has 0 bridgehead atoms. The molecule has 4 heterocycles. The number of imidazole rings is 1. The molecule has 2 aliphatic rings. The first-order valence-corrected chi connectivity index (χ1v) is 16.7. The zero-order valence-corrected chi connectivity index (χ0v) is 24.5. The molecule has 41 heavy (non-hydrogen) atoms. The van der Waals surface area contributed by atoms with E-state index in [4.69, 9.17) is 4.74 Å². The monoisotopic (exact) mass is 624 g/mol. The van der Waals surface area contributed by atoms with Crippen LogP contribution in [0.1, 0.15) is 24.3 Å². The summed E-state index contributed by atoms with van der Waals surface area (Å²) >= 11 is 0.898. The lowest BCUT2D eigenvalue weighted by Crippen LogP contribution is -2.63. The van der Waals surface area contributed by atoms with Gasteiger partial charge in [-0.25, -0.2) is 26.6 Å². The molecule has 2 aliphatic heterocycles. The Morgan fingerprint density at radius 2 is 1.83 bits per heavy atom. The number of aromatic nitrogens is 2. The Bertz CT molecular complexity index is 1810. The number of amides is 1. The third kappa shape index (κ3) is 4.71. The van der Waals surface area contributed by atoms with Gasteiger partial charge in [-0.1, -0.05) is 6.92 Å². The second-order valence-electron chi connectivity index (χ2n) is 10.0. The minimum Gasteiger partial charge on any atom is -0.456 e. The zero-order valence-electron chi connectivity index (χ0n) is 22.0. The number of ether oxygens (including phenoxy) is 1. The Kier molecular flexibility index (Phi) is 6.83. The van der Waals surface area contributed by atoms with Crippen molar-refractivity contribution < 1.29 is 41.2 Å². The minimum absolute atomic E-state index is 0.0221. The Labute approximate surface area is 237 Å². The highest BCUT2D eigenvalue weighted by Crippen LogP contribution is 2.52. The molecule has 0 unspecified atom stereocenters. The third-order valence-corrected chi connectivity index (χ3v) is 10.3. The van der Waals surface area contributed by atoms with E-state index in [0.717, 1.165) is 28.2 Å². The van der Waals surface area contributed by atoms with E-state index in [1.807, 2.05) is 0 Å². The van der Waals surface area contributed by atoms with Crippen molar-refractivity contribution in [3.05, 3.63) is 56.7 Å². The van der Waals surface area contributed by atoms with Crippen LogP contribution < -0.4 is 0 Å². The Hall–Kier alpha value is -3.67. The van der Waals surface area contributed by atoms with Gasteiger partial charge in [-0.15, -0.1) is 11.3 Å². The van der Waals surface area contributed by atoms with E-state index in [2.05, 4.69) is 4.98 Å². The molecule has 1 aromatic carbocycles. The van der Waals surface area contributed by atoms with Gasteiger partial charge < -0.3 is 14.7 Å². The van der Waals surface area contributed by atoms with Crippen LogP contribution in [0.5, 0.6) is 0 Å². The molecule has 1 saturated heterocycles. The average Bonchev–Trinajstić information content (AvgIpc) is 3.50. The molecule has 0 radical (unpaired) electrons. The fourth-order valence-corrected chi connectivity index (χ4v) is 8.53. The van der Waals surface area contributed by atoms with Crippen molar-refractivity contribution in [3.63, 3.8) is 0 Å². The van der Waals surface area contributed by atoms with E-state index in [1.165, 1.54) is 42.3 Å². The fraction of sp³-hybridized carbons (Fsp3) is 0.375. The molecule has 17 heteroatoms. The van der Waals surface area contributed by atoms with E-state index in [-0.39, 0.29) is 22.8 Å². The van der Waals surface area contributed by atoms with Gasteiger partial charge in [-0.3, -0.25) is 19.3 Å². The summed E-state index contributed by atoms with van der Waals surface area (Å²) in [5.74, 6) is -2.69. The molecule has 218 valence electrons. The van der Waals surface area contributed by atoms with Crippen LogP contribution >= 0.6 is 11.3 Å². The first kappa shape index (κ1) is 28.8. The summed E-state index contributed by atoms with van der Waals surface area (Å²) in [7, 11) is -7.90. The van der Waals surface area contributed by atoms with Crippen molar-refractivity contribution in [1.82, 2.24) is 14.3 Å². The highest BCUT2D eigenvalue weighted by molar-refractivity contribution is 7.91. The molecule has 0 spiro atoms. The molecule has 2 aromatic heterocycles. The van der Waals surface area contributed by atoms with Gasteiger partial charge in [0.2, 0.25) is 20.9 Å². The van der Waals surface area contributed by atoms with Gasteiger partial charge >= 0.3 is 5.97 Å². The first-order chi connectivity index (χ1) is 19.0. The molecule has 14 nitrogen and oxygen atoms in total. The van der Waals surface area contributed by atoms with E-state index < -0.39 is 70.6 Å². The predicted octanol–water partition coefficient (Wildman–Crippen LogP) is 1.42. The number of nitro groups is 1. The lowest BCUT2D eigenvalue weighted by molar-refractivity contribution is -0.384. The second-order valence-corrected chi connectivity index (χ2v) is 14.9. The van der Waals surface area contributed by atoms with E-state index in [1.54, 1.807) is 6.92 Å². The lowest BCUT2D eigenvalue weighted by atomic mass is 9.77. The molecule has 1 fully saturated rings. The van der Waals surface area contributed by atoms with E-state index in [0.29, 0.717) is 16.0 Å². The second kappa shape index (κ2) is 9.71. The highest BCUT2D eigenvalue weighted by Gasteiger charge is 2.60. The summed E-state index contributed by atoms with van der Waals surface area (Å²) < 4.78 is 56.4. The molecular formula is C24H24N4O10S3. The minimum atomic E-state index is -3.96. The maximum atomic E-state index is 13.5. The van der Waals surface area contributed by atoms with Crippen LogP contribution in [-0.2, 0) is 40.6 Å². The number of β-lactam (4-membered cyclic amide) rings is 1. The number of benzene rings is 1. The smallest absolute Gasteiger partial charge is 0.355 e. The number of esters is 1. The number of non-ortho nitro benzene ring substituents is 1. The fourth-order valence-electron chi connectivity index (χ4n) is 5.27. The van der Waals surface area contributed by atoms with Gasteiger partial charge in [0, 0.05) is 42.3 Å². The number of hydrogen-bond donors (Lipinski definition) is 1. The number of hydrogen-bond acceptors (Lipinski definition) is 12. The topological polar surface area (TPSA) is 196 Å². The quantitative estimate of drug-likeness (QED) is 0.165. The summed E-state index contributed by atoms with van der Waals surface area (Å²) in [5, 5.41) is 20.2. The molecule has 0 aliphatic carbocycles. The molecule has 1 N–H and O–H groups in total. The van der Waals surface area contributed by atoms with Gasteiger partial charge in [-0.2, -0.15) is 0 Å². The zero-order chi connectivity index (χ0) is 30.2. The molecular weight excluding hydrogens is 600 g/mol. The molecule has 4 atom stereocenters. The SMILES string of the molecule is C[C@@H](O)[C@H]1C(=O)N2C(C(=O)OCc3ccc([N+](=O)[O-])cc3)=C(c3cn4c(S(C)(=O)=O)nc(S(C)(=O)=O)c4s3)[C@H](C)[C@H]12. The Balaban J connectivity index is 1.61. The van der Waals surface area contributed by atoms with Crippen LogP contribution in [-0.4, -0.2) is 77.7 Å². The third-order valence-electron chi connectivity index (χ3n) is 7.09. The summed E-state index contributed by atoms with van der Waals surface area (Å²) in [4.78, 5) is 42.4. The van der Waals surface area contributed by atoms with Crippen LogP contribution in [0, 0.1) is 22.0 Å². The van der Waals surface area contributed by atoms with Crippen LogP contribution in [0.3, 0.4) is 0 Å². The van der Waals surface area contributed by atoms with Gasteiger partial charge in [0.25, 0.3) is 5.69 Å². The summed E-state index contributed by atoms with van der Waals surface area (Å²) in [5.41, 5.74) is 0.536. The van der Waals surface area contributed by atoms with Gasteiger partial charge in [0.05, 0.1) is 27.9 Å². The van der Waals surface area contributed by atoms with Gasteiger partial charge in [0.15, 0.2) is 14.9 Å². The maximum absolute atomic E-state index is 13.5. The summed E-state index contributed by atoms with van der Waals surface area (Å²) in [6.07, 6.45) is 2.14. The van der Waals surface area contributed by atoms with Gasteiger partial charge in [0.1, 0.15) is 17.1 Å². The molecule has 0 saturated carbocycles. The Morgan fingerprint density at radius 3 is 2.37 bits per heavy atom. The standard InChI is InChI=1S/C24H24N4O10S3/c1-11-16(15-9-26-22(39-15)20(40(3,34)35)25-24(26)41(4,36)37)19(27-18(11)17(12(2)29)21(27)30)23(31)38-10-13-5-7-14(8-6-13)28(32)33/h5-9,11-12,17-18,29H,10H2,1-4H3/t11-,12+,17+,18+/m0/s1.